The summed E-state index contributed by atoms with van der Waals surface area (Å²) in [5.74, 6) is -0.403. The molecule has 0 aliphatic heterocycles. The second kappa shape index (κ2) is 8.01. The summed E-state index contributed by atoms with van der Waals surface area (Å²) < 4.78 is 16.2. The molecular weight excluding hydrogens is 400 g/mol. The number of carbonyl (C=O) groups excluding carboxylic acids is 2. The zero-order valence-electron chi connectivity index (χ0n) is 13.8. The number of ketones is 1. The molecule has 2 aromatic carbocycles. The van der Waals surface area contributed by atoms with Crippen LogP contribution in [0, 0.1) is 0 Å². The molecule has 132 valence electrons. The third-order valence-electron chi connectivity index (χ3n) is 3.71. The van der Waals surface area contributed by atoms with Gasteiger partial charge in [0.15, 0.2) is 10.8 Å². The molecule has 1 heterocycles. The van der Waals surface area contributed by atoms with E-state index < -0.39 is 12.1 Å². The summed E-state index contributed by atoms with van der Waals surface area (Å²) in [6.45, 7) is 0. The monoisotopic (exact) mass is 414 g/mol. The largest absolute Gasteiger partial charge is 0.497 e. The van der Waals surface area contributed by atoms with Gasteiger partial charge in [0.25, 0.3) is 0 Å². The standard InChI is InChI=1S/C20H15BrO5/c1-24-15-9-7-13(8-10-15)18(22)19(14-5-3-2-4-6-14)26-20(23)16-11-12-17(21)25-16/h2-12,19H,1H3/t19-/m0/s1. The summed E-state index contributed by atoms with van der Waals surface area (Å²) in [4.78, 5) is 25.3. The number of hydrogen-bond acceptors (Lipinski definition) is 5. The van der Waals surface area contributed by atoms with E-state index >= 15 is 0 Å². The van der Waals surface area contributed by atoms with Crippen LogP contribution in [0.5, 0.6) is 5.75 Å². The van der Waals surface area contributed by atoms with E-state index in [0.717, 1.165) is 0 Å². The minimum atomic E-state index is -1.08. The Bertz CT molecular complexity index is 899. The van der Waals surface area contributed by atoms with Gasteiger partial charge < -0.3 is 13.9 Å². The van der Waals surface area contributed by atoms with Crippen molar-refractivity contribution in [3.05, 3.63) is 88.3 Å². The van der Waals surface area contributed by atoms with E-state index in [-0.39, 0.29) is 11.5 Å². The predicted molar refractivity (Wildman–Crippen MR) is 98.3 cm³/mol. The van der Waals surface area contributed by atoms with Gasteiger partial charge in [0, 0.05) is 11.1 Å². The lowest BCUT2D eigenvalue weighted by molar-refractivity contribution is 0.0249. The fraction of sp³-hybridized carbons (Fsp3) is 0.100. The highest BCUT2D eigenvalue weighted by molar-refractivity contribution is 9.10. The number of hydrogen-bond donors (Lipinski definition) is 0. The Morgan fingerprint density at radius 1 is 0.962 bits per heavy atom. The molecule has 0 N–H and O–H groups in total. The fourth-order valence-electron chi connectivity index (χ4n) is 2.40. The van der Waals surface area contributed by atoms with Crippen LogP contribution in [0.4, 0.5) is 0 Å². The maximum absolute atomic E-state index is 13.0. The highest BCUT2D eigenvalue weighted by Crippen LogP contribution is 2.26. The molecule has 0 bridgehead atoms. The summed E-state index contributed by atoms with van der Waals surface area (Å²) >= 11 is 3.14. The summed E-state index contributed by atoms with van der Waals surface area (Å²) in [6, 6.07) is 18.5. The Morgan fingerprint density at radius 3 is 2.23 bits per heavy atom. The van der Waals surface area contributed by atoms with Gasteiger partial charge in [-0.15, -0.1) is 0 Å². The first kappa shape index (κ1) is 17.9. The summed E-state index contributed by atoms with van der Waals surface area (Å²) in [5.41, 5.74) is 0.986. The van der Waals surface area contributed by atoms with Crippen LogP contribution < -0.4 is 4.74 Å². The van der Waals surface area contributed by atoms with Crippen molar-refractivity contribution in [1.29, 1.82) is 0 Å². The third kappa shape index (κ3) is 4.03. The number of furan rings is 1. The molecule has 6 heteroatoms. The SMILES string of the molecule is COc1ccc(C(=O)[C@@H](OC(=O)c2ccc(Br)o2)c2ccccc2)cc1. The average molecular weight is 415 g/mol. The molecule has 0 radical (unpaired) electrons. The number of halogens is 1. The molecule has 0 aliphatic carbocycles. The maximum Gasteiger partial charge on any atom is 0.375 e. The van der Waals surface area contributed by atoms with Crippen molar-refractivity contribution < 1.29 is 23.5 Å². The number of benzene rings is 2. The average Bonchev–Trinajstić information content (AvgIpc) is 3.12. The topological polar surface area (TPSA) is 65.7 Å². The first-order chi connectivity index (χ1) is 12.6. The van der Waals surface area contributed by atoms with Crippen LogP contribution in [-0.4, -0.2) is 18.9 Å². The number of methoxy groups -OCH3 is 1. The first-order valence-corrected chi connectivity index (χ1v) is 8.57. The van der Waals surface area contributed by atoms with Gasteiger partial charge in [-0.2, -0.15) is 0 Å². The van der Waals surface area contributed by atoms with E-state index in [2.05, 4.69) is 15.9 Å². The number of carbonyl (C=O) groups is 2. The van der Waals surface area contributed by atoms with Crippen molar-refractivity contribution >= 4 is 27.7 Å². The van der Waals surface area contributed by atoms with Crippen LogP contribution in [0.2, 0.25) is 0 Å². The van der Waals surface area contributed by atoms with Crippen LogP contribution in [-0.2, 0) is 4.74 Å². The van der Waals surface area contributed by atoms with Crippen LogP contribution in [0.25, 0.3) is 0 Å². The van der Waals surface area contributed by atoms with Gasteiger partial charge in [0.1, 0.15) is 5.75 Å². The minimum absolute atomic E-state index is 0.0142. The number of rotatable bonds is 6. The smallest absolute Gasteiger partial charge is 0.375 e. The molecule has 1 aromatic heterocycles. The molecule has 0 fully saturated rings. The summed E-state index contributed by atoms with van der Waals surface area (Å²) in [6.07, 6.45) is -1.08. The van der Waals surface area contributed by atoms with Crippen molar-refractivity contribution in [2.45, 2.75) is 6.10 Å². The first-order valence-electron chi connectivity index (χ1n) is 7.78. The molecule has 0 saturated heterocycles. The zero-order chi connectivity index (χ0) is 18.5. The number of Topliss-reactive ketones (excluding diaryl/α,β-unsaturated/α-hetero) is 1. The molecule has 5 nitrogen and oxygen atoms in total. The van der Waals surface area contributed by atoms with Gasteiger partial charge in [-0.25, -0.2) is 4.79 Å². The Labute approximate surface area is 158 Å². The molecule has 26 heavy (non-hydrogen) atoms. The lowest BCUT2D eigenvalue weighted by Gasteiger charge is -2.17. The zero-order valence-corrected chi connectivity index (χ0v) is 15.4. The van der Waals surface area contributed by atoms with E-state index in [4.69, 9.17) is 13.9 Å². The summed E-state index contributed by atoms with van der Waals surface area (Å²) in [5, 5.41) is 0. The third-order valence-corrected chi connectivity index (χ3v) is 4.14. The Balaban J connectivity index is 1.90. The minimum Gasteiger partial charge on any atom is -0.497 e. The Hall–Kier alpha value is -2.86. The van der Waals surface area contributed by atoms with Crippen molar-refractivity contribution in [2.75, 3.05) is 7.11 Å². The quantitative estimate of drug-likeness (QED) is 0.426. The van der Waals surface area contributed by atoms with Crippen LogP contribution in [0.3, 0.4) is 0 Å². The number of esters is 1. The van der Waals surface area contributed by atoms with Crippen molar-refractivity contribution in [3.8, 4) is 5.75 Å². The van der Waals surface area contributed by atoms with E-state index in [1.54, 1.807) is 61.7 Å². The second-order valence-corrected chi connectivity index (χ2v) is 6.17. The van der Waals surface area contributed by atoms with Crippen LogP contribution in [0.1, 0.15) is 32.6 Å². The van der Waals surface area contributed by atoms with E-state index in [1.807, 2.05) is 6.07 Å². The van der Waals surface area contributed by atoms with Crippen molar-refractivity contribution in [3.63, 3.8) is 0 Å². The highest BCUT2D eigenvalue weighted by atomic mass is 79.9. The number of ether oxygens (including phenoxy) is 2. The second-order valence-electron chi connectivity index (χ2n) is 5.39. The molecule has 0 amide bonds. The molecule has 0 saturated carbocycles. The Morgan fingerprint density at radius 2 is 1.65 bits per heavy atom. The van der Waals surface area contributed by atoms with E-state index in [0.29, 0.717) is 21.5 Å². The molecule has 3 aromatic rings. The highest BCUT2D eigenvalue weighted by Gasteiger charge is 2.28. The summed E-state index contributed by atoms with van der Waals surface area (Å²) in [7, 11) is 1.55. The van der Waals surface area contributed by atoms with Crippen molar-refractivity contribution in [2.24, 2.45) is 0 Å². The van der Waals surface area contributed by atoms with Crippen molar-refractivity contribution in [1.82, 2.24) is 0 Å². The molecule has 0 aliphatic rings. The normalized spacial score (nSPS) is 11.6. The molecule has 0 unspecified atom stereocenters. The lowest BCUT2D eigenvalue weighted by Crippen LogP contribution is -2.20. The van der Waals surface area contributed by atoms with Gasteiger partial charge >= 0.3 is 5.97 Å². The van der Waals surface area contributed by atoms with E-state index in [9.17, 15) is 9.59 Å². The van der Waals surface area contributed by atoms with Gasteiger partial charge in [0.2, 0.25) is 11.5 Å². The van der Waals surface area contributed by atoms with Crippen LogP contribution >= 0.6 is 15.9 Å². The van der Waals surface area contributed by atoms with Gasteiger partial charge in [-0.3, -0.25) is 4.79 Å². The predicted octanol–water partition coefficient (Wildman–Crippen LogP) is 4.83. The van der Waals surface area contributed by atoms with Gasteiger partial charge in [-0.1, -0.05) is 30.3 Å². The molecule has 1 atom stereocenters. The lowest BCUT2D eigenvalue weighted by atomic mass is 9.99. The molecule has 0 spiro atoms. The van der Waals surface area contributed by atoms with E-state index in [1.165, 1.54) is 6.07 Å². The van der Waals surface area contributed by atoms with Gasteiger partial charge in [-0.05, 0) is 52.3 Å². The van der Waals surface area contributed by atoms with Gasteiger partial charge in [0.05, 0.1) is 7.11 Å². The Kier molecular flexibility index (Phi) is 5.53. The molecular formula is C20H15BrO5. The maximum atomic E-state index is 13.0. The molecule has 3 rings (SSSR count). The fourth-order valence-corrected chi connectivity index (χ4v) is 2.70. The van der Waals surface area contributed by atoms with Crippen LogP contribution in [0.15, 0.2) is 75.8 Å².